The zero-order valence-electron chi connectivity index (χ0n) is 15.5. The smallest absolute Gasteiger partial charge is 0.237 e. The Bertz CT molecular complexity index is 1020. The molecule has 1 atom stereocenters. The van der Waals surface area contributed by atoms with Gasteiger partial charge in [0.1, 0.15) is 21.9 Å². The van der Waals surface area contributed by atoms with Crippen molar-refractivity contribution in [2.75, 3.05) is 12.4 Å². The number of carbonyl (C=O) groups is 1. The van der Waals surface area contributed by atoms with Crippen LogP contribution in [-0.4, -0.2) is 28.2 Å². The number of hydrogen-bond acceptors (Lipinski definition) is 6. The van der Waals surface area contributed by atoms with Gasteiger partial charge in [-0.25, -0.2) is 9.97 Å². The second-order valence-electron chi connectivity index (χ2n) is 6.67. The monoisotopic (exact) mass is 399 g/mol. The van der Waals surface area contributed by atoms with Crippen molar-refractivity contribution < 1.29 is 9.53 Å². The maximum Gasteiger partial charge on any atom is 0.237 e. The van der Waals surface area contributed by atoms with Gasteiger partial charge in [-0.3, -0.25) is 4.79 Å². The van der Waals surface area contributed by atoms with Crippen LogP contribution in [0.5, 0.6) is 5.75 Å². The normalized spacial score (nSPS) is 14.2. The number of benzene rings is 1. The van der Waals surface area contributed by atoms with E-state index in [1.807, 2.05) is 32.0 Å². The molecule has 0 unspecified atom stereocenters. The summed E-state index contributed by atoms with van der Waals surface area (Å²) in [6.07, 6.45) is 5.00. The summed E-state index contributed by atoms with van der Waals surface area (Å²) in [6, 6.07) is 5.75. The molecule has 0 saturated carbocycles. The van der Waals surface area contributed by atoms with E-state index in [-0.39, 0.29) is 11.2 Å². The maximum atomic E-state index is 12.8. The van der Waals surface area contributed by atoms with Crippen molar-refractivity contribution in [3.63, 3.8) is 0 Å². The lowest BCUT2D eigenvalue weighted by atomic mass is 10.2. The maximum absolute atomic E-state index is 12.8. The number of nitrogens with zero attached hydrogens (tertiary/aromatic N) is 2. The third-order valence-electron chi connectivity index (χ3n) is 4.74. The fraction of sp³-hybridized carbons (Fsp3) is 0.350. The Morgan fingerprint density at radius 2 is 2.19 bits per heavy atom. The Hall–Kier alpha value is -2.12. The van der Waals surface area contributed by atoms with Crippen LogP contribution in [0.2, 0.25) is 0 Å². The van der Waals surface area contributed by atoms with Gasteiger partial charge in [0.25, 0.3) is 0 Å². The van der Waals surface area contributed by atoms with Crippen LogP contribution in [0, 0.1) is 6.92 Å². The van der Waals surface area contributed by atoms with Crippen molar-refractivity contribution >= 4 is 44.9 Å². The summed E-state index contributed by atoms with van der Waals surface area (Å²) in [4.78, 5) is 24.2. The molecule has 0 saturated heterocycles. The Kier molecular flexibility index (Phi) is 5.06. The molecular weight excluding hydrogens is 378 g/mol. The molecule has 0 radical (unpaired) electrons. The minimum Gasteiger partial charge on any atom is -0.495 e. The van der Waals surface area contributed by atoms with Gasteiger partial charge in [0.15, 0.2) is 0 Å². The fourth-order valence-corrected chi connectivity index (χ4v) is 5.60. The molecular formula is C20H21N3O2S2. The minimum atomic E-state index is -0.287. The Balaban J connectivity index is 1.56. The average molecular weight is 400 g/mol. The number of carbonyl (C=O) groups excluding carboxylic acids is 1. The van der Waals surface area contributed by atoms with Gasteiger partial charge in [0.05, 0.1) is 18.0 Å². The Morgan fingerprint density at radius 1 is 1.33 bits per heavy atom. The van der Waals surface area contributed by atoms with Crippen LogP contribution in [0.1, 0.15) is 29.3 Å². The molecule has 3 aromatic rings. The van der Waals surface area contributed by atoms with E-state index in [4.69, 9.17) is 4.74 Å². The topological polar surface area (TPSA) is 64.1 Å². The van der Waals surface area contributed by atoms with E-state index >= 15 is 0 Å². The first-order valence-corrected chi connectivity index (χ1v) is 10.6. The molecule has 140 valence electrons. The van der Waals surface area contributed by atoms with Gasteiger partial charge < -0.3 is 10.1 Å². The van der Waals surface area contributed by atoms with Crippen molar-refractivity contribution in [3.05, 3.63) is 40.5 Å². The third-order valence-corrected chi connectivity index (χ3v) is 7.04. The van der Waals surface area contributed by atoms with Gasteiger partial charge >= 0.3 is 0 Å². The van der Waals surface area contributed by atoms with E-state index in [9.17, 15) is 4.79 Å². The molecule has 1 aromatic carbocycles. The highest BCUT2D eigenvalue weighted by Gasteiger charge is 2.24. The van der Waals surface area contributed by atoms with E-state index < -0.39 is 0 Å². The molecule has 0 aliphatic heterocycles. The SMILES string of the molecule is COc1ccc(C)cc1NC(=O)[C@@H](C)Sc1ncnc2sc3c(c12)CCC3. The number of amides is 1. The van der Waals surface area contributed by atoms with Crippen LogP contribution < -0.4 is 10.1 Å². The quantitative estimate of drug-likeness (QED) is 0.501. The van der Waals surface area contributed by atoms with E-state index in [0.717, 1.165) is 33.6 Å². The second kappa shape index (κ2) is 7.48. The predicted molar refractivity (Wildman–Crippen MR) is 111 cm³/mol. The van der Waals surface area contributed by atoms with Crippen LogP contribution in [0.3, 0.4) is 0 Å². The van der Waals surface area contributed by atoms with Crippen LogP contribution in [-0.2, 0) is 17.6 Å². The van der Waals surface area contributed by atoms with Crippen LogP contribution in [0.25, 0.3) is 10.2 Å². The predicted octanol–water partition coefficient (Wildman–Crippen LogP) is 4.62. The zero-order valence-corrected chi connectivity index (χ0v) is 17.2. The lowest BCUT2D eigenvalue weighted by Gasteiger charge is -2.15. The largest absolute Gasteiger partial charge is 0.495 e. The van der Waals surface area contributed by atoms with Gasteiger partial charge in [0.2, 0.25) is 5.91 Å². The molecule has 0 bridgehead atoms. The van der Waals surface area contributed by atoms with E-state index in [1.165, 1.54) is 28.6 Å². The first-order valence-electron chi connectivity index (χ1n) is 8.94. The molecule has 1 aliphatic carbocycles. The van der Waals surface area contributed by atoms with Gasteiger partial charge in [-0.15, -0.1) is 11.3 Å². The number of aromatic nitrogens is 2. The Labute approximate surface area is 166 Å². The van der Waals surface area contributed by atoms with Crippen molar-refractivity contribution in [2.45, 2.75) is 43.4 Å². The minimum absolute atomic E-state index is 0.0671. The molecule has 1 aliphatic rings. The molecule has 0 spiro atoms. The highest BCUT2D eigenvalue weighted by molar-refractivity contribution is 8.00. The van der Waals surface area contributed by atoms with Gasteiger partial charge in [-0.1, -0.05) is 17.8 Å². The van der Waals surface area contributed by atoms with Gasteiger partial charge in [0, 0.05) is 10.3 Å². The molecule has 1 amide bonds. The standard InChI is InChI=1S/C20H21N3O2S2/c1-11-7-8-15(25-3)14(9-11)23-18(24)12(2)26-19-17-13-5-4-6-16(13)27-20(17)22-10-21-19/h7-10,12H,4-6H2,1-3H3,(H,23,24)/t12-/m1/s1. The average Bonchev–Trinajstić information content (AvgIpc) is 3.23. The number of anilines is 1. The number of rotatable bonds is 5. The zero-order chi connectivity index (χ0) is 19.0. The summed E-state index contributed by atoms with van der Waals surface area (Å²) in [5.74, 6) is 0.591. The molecule has 5 nitrogen and oxygen atoms in total. The van der Waals surface area contributed by atoms with Crippen LogP contribution in [0.15, 0.2) is 29.6 Å². The number of methoxy groups -OCH3 is 1. The summed E-state index contributed by atoms with van der Waals surface area (Å²) >= 11 is 3.26. The third kappa shape index (κ3) is 3.53. The highest BCUT2D eigenvalue weighted by Crippen LogP contribution is 2.41. The lowest BCUT2D eigenvalue weighted by molar-refractivity contribution is -0.115. The first-order chi connectivity index (χ1) is 13.1. The molecule has 2 aromatic heterocycles. The van der Waals surface area contributed by atoms with Crippen molar-refractivity contribution in [2.24, 2.45) is 0 Å². The molecule has 1 N–H and O–H groups in total. The number of thiophene rings is 1. The summed E-state index contributed by atoms with van der Waals surface area (Å²) in [7, 11) is 1.60. The van der Waals surface area contributed by atoms with Crippen molar-refractivity contribution in [1.29, 1.82) is 0 Å². The molecule has 7 heteroatoms. The number of thioether (sulfide) groups is 1. The molecule has 0 fully saturated rings. The number of ether oxygens (including phenoxy) is 1. The van der Waals surface area contributed by atoms with E-state index in [2.05, 4.69) is 15.3 Å². The molecule has 27 heavy (non-hydrogen) atoms. The molecule has 4 rings (SSSR count). The van der Waals surface area contributed by atoms with E-state index in [1.54, 1.807) is 24.8 Å². The van der Waals surface area contributed by atoms with Crippen molar-refractivity contribution in [1.82, 2.24) is 9.97 Å². The lowest BCUT2D eigenvalue weighted by Crippen LogP contribution is -2.23. The van der Waals surface area contributed by atoms with Crippen molar-refractivity contribution in [3.8, 4) is 5.75 Å². The number of fused-ring (bicyclic) bond motifs is 3. The summed E-state index contributed by atoms with van der Waals surface area (Å²) in [5, 5.41) is 4.75. The fourth-order valence-electron chi connectivity index (χ4n) is 3.36. The van der Waals surface area contributed by atoms with Gasteiger partial charge in [-0.2, -0.15) is 0 Å². The highest BCUT2D eigenvalue weighted by atomic mass is 32.2. The molecule has 2 heterocycles. The number of aryl methyl sites for hydroxylation is 3. The Morgan fingerprint density at radius 3 is 3.00 bits per heavy atom. The number of nitrogens with one attached hydrogen (secondary N) is 1. The first kappa shape index (κ1) is 18.3. The summed E-state index contributed by atoms with van der Waals surface area (Å²) in [5.41, 5.74) is 3.14. The second-order valence-corrected chi connectivity index (χ2v) is 9.08. The van der Waals surface area contributed by atoms with Crippen LogP contribution in [0.4, 0.5) is 5.69 Å². The van der Waals surface area contributed by atoms with Gasteiger partial charge in [-0.05, 0) is 56.4 Å². The summed E-state index contributed by atoms with van der Waals surface area (Å²) in [6.45, 7) is 3.89. The van der Waals surface area contributed by atoms with E-state index in [0.29, 0.717) is 11.4 Å². The summed E-state index contributed by atoms with van der Waals surface area (Å²) < 4.78 is 5.36. The number of hydrogen-bond donors (Lipinski definition) is 1. The van der Waals surface area contributed by atoms with Crippen LogP contribution >= 0.6 is 23.1 Å².